The highest BCUT2D eigenvalue weighted by Gasteiger charge is 2.50. The van der Waals surface area contributed by atoms with Crippen molar-refractivity contribution >= 4 is 34.1 Å². The fourth-order valence-electron chi connectivity index (χ4n) is 3.70. The maximum atomic E-state index is 13.3. The van der Waals surface area contributed by atoms with Gasteiger partial charge in [-0.1, -0.05) is 78.1 Å². The van der Waals surface area contributed by atoms with E-state index in [1.165, 1.54) is 0 Å². The van der Waals surface area contributed by atoms with Crippen molar-refractivity contribution in [2.45, 2.75) is 66.1 Å². The number of esters is 1. The van der Waals surface area contributed by atoms with Crippen molar-refractivity contribution in [2.75, 3.05) is 27.2 Å². The van der Waals surface area contributed by atoms with Crippen molar-refractivity contribution in [3.8, 4) is 0 Å². The minimum atomic E-state index is -0.589. The molecule has 3 nitrogen and oxygen atoms in total. The Morgan fingerprint density at radius 1 is 1.14 bits per heavy atom. The first-order chi connectivity index (χ1) is 13.3. The Labute approximate surface area is 188 Å². The van der Waals surface area contributed by atoms with Gasteiger partial charge < -0.3 is 9.64 Å². The largest absolute Gasteiger partial charge is 0.464 e. The summed E-state index contributed by atoms with van der Waals surface area (Å²) in [4.78, 5) is 15.3. The fraction of sp³-hybridized carbons (Fsp3) is 0.750. The van der Waals surface area contributed by atoms with Crippen LogP contribution in [0, 0.1) is 22.7 Å². The third-order valence-corrected chi connectivity index (χ3v) is 8.13. The van der Waals surface area contributed by atoms with Crippen LogP contribution in [-0.2, 0) is 9.53 Å². The van der Waals surface area contributed by atoms with Crippen molar-refractivity contribution < 1.29 is 9.53 Å². The third-order valence-electron chi connectivity index (χ3n) is 6.44. The Morgan fingerprint density at radius 2 is 1.72 bits per heavy atom. The Morgan fingerprint density at radius 3 is 2.24 bits per heavy atom. The second-order valence-corrected chi connectivity index (χ2v) is 12.5. The molecule has 0 aromatic heterocycles. The van der Waals surface area contributed by atoms with Crippen LogP contribution in [0.4, 0.5) is 0 Å². The van der Waals surface area contributed by atoms with E-state index in [1.807, 2.05) is 19.0 Å². The van der Waals surface area contributed by atoms with Crippen LogP contribution in [0.3, 0.4) is 0 Å². The van der Waals surface area contributed by atoms with Crippen molar-refractivity contribution in [3.05, 3.63) is 24.3 Å². The fourth-order valence-corrected chi connectivity index (χ4v) is 6.00. The number of carbonyl (C=O) groups excluding carboxylic acids is 1. The number of hydrogen-bond donors (Lipinski definition) is 0. The molecule has 1 aliphatic carbocycles. The first kappa shape index (κ1) is 26.4. The molecular formula is C24H41NO2S2. The zero-order valence-electron chi connectivity index (χ0n) is 19.9. The number of carbonyl (C=O) groups is 1. The molecule has 1 aliphatic rings. The molecule has 0 saturated heterocycles. The predicted molar refractivity (Wildman–Crippen MR) is 132 cm³/mol. The van der Waals surface area contributed by atoms with Crippen molar-refractivity contribution in [2.24, 2.45) is 22.7 Å². The van der Waals surface area contributed by atoms with Crippen LogP contribution in [-0.4, -0.2) is 47.1 Å². The van der Waals surface area contributed by atoms with Crippen LogP contribution in [0.15, 0.2) is 24.3 Å². The van der Waals surface area contributed by atoms with E-state index in [4.69, 9.17) is 17.0 Å². The molecule has 5 heteroatoms. The van der Waals surface area contributed by atoms with Crippen LogP contribution in [0.1, 0.15) is 61.3 Å². The quantitative estimate of drug-likeness (QED) is 0.301. The lowest BCUT2D eigenvalue weighted by Crippen LogP contribution is -2.47. The van der Waals surface area contributed by atoms with Crippen molar-refractivity contribution in [1.29, 1.82) is 0 Å². The molecule has 0 saturated carbocycles. The molecule has 1 rings (SSSR count). The first-order valence-electron chi connectivity index (χ1n) is 10.7. The van der Waals surface area contributed by atoms with Crippen molar-refractivity contribution in [3.63, 3.8) is 0 Å². The number of thiocarbonyl (C=S) groups is 1. The highest BCUT2D eigenvalue weighted by molar-refractivity contribution is 8.24. The summed E-state index contributed by atoms with van der Waals surface area (Å²) >= 11 is 7.57. The lowest BCUT2D eigenvalue weighted by atomic mass is 9.61. The zero-order valence-corrected chi connectivity index (χ0v) is 21.5. The Balaban J connectivity index is 2.98. The summed E-state index contributed by atoms with van der Waals surface area (Å²) in [6.45, 7) is 16.3. The molecule has 0 radical (unpaired) electrons. The van der Waals surface area contributed by atoms with Gasteiger partial charge in [-0.25, -0.2) is 0 Å². The molecule has 0 amide bonds. The minimum absolute atomic E-state index is 0.0975. The van der Waals surface area contributed by atoms with E-state index >= 15 is 0 Å². The van der Waals surface area contributed by atoms with E-state index in [2.05, 4.69) is 72.8 Å². The minimum Gasteiger partial charge on any atom is -0.464 e. The van der Waals surface area contributed by atoms with Gasteiger partial charge in [-0.3, -0.25) is 4.79 Å². The van der Waals surface area contributed by atoms with Gasteiger partial charge in [-0.15, -0.1) is 11.8 Å². The molecule has 0 fully saturated rings. The molecule has 3 unspecified atom stereocenters. The Bertz CT molecular complexity index is 637. The Hall–Kier alpha value is -0.650. The number of rotatable bonds is 10. The van der Waals surface area contributed by atoms with Gasteiger partial charge in [0.05, 0.1) is 9.61 Å². The second kappa shape index (κ2) is 10.6. The van der Waals surface area contributed by atoms with E-state index in [0.717, 1.165) is 17.2 Å². The number of hydrogen-bond acceptors (Lipinski definition) is 5. The van der Waals surface area contributed by atoms with Crippen molar-refractivity contribution in [1.82, 2.24) is 4.90 Å². The molecule has 29 heavy (non-hydrogen) atoms. The van der Waals surface area contributed by atoms with Gasteiger partial charge in [0.25, 0.3) is 0 Å². The lowest BCUT2D eigenvalue weighted by molar-refractivity contribution is -0.164. The van der Waals surface area contributed by atoms with Gasteiger partial charge >= 0.3 is 5.97 Å². The smallest absolute Gasteiger partial charge is 0.312 e. The highest BCUT2D eigenvalue weighted by Crippen LogP contribution is 2.51. The molecule has 0 spiro atoms. The molecule has 0 heterocycles. The third kappa shape index (κ3) is 7.22. The molecule has 0 N–H and O–H groups in total. The number of ether oxygens (including phenoxy) is 1. The maximum Gasteiger partial charge on any atom is 0.312 e. The summed E-state index contributed by atoms with van der Waals surface area (Å²) in [5.74, 6) is 0.571. The maximum absolute atomic E-state index is 13.3. The molecule has 3 atom stereocenters. The molecule has 166 valence electrons. The van der Waals surface area contributed by atoms with Crippen LogP contribution in [0.2, 0.25) is 0 Å². The number of likely N-dealkylation sites (N-methyl/N-ethyl adjacent to an activating group) is 1. The molecule has 0 aromatic carbocycles. The molecular weight excluding hydrogens is 398 g/mol. The zero-order chi connectivity index (χ0) is 22.5. The monoisotopic (exact) mass is 439 g/mol. The topological polar surface area (TPSA) is 29.5 Å². The number of thioether (sulfide) groups is 1. The lowest BCUT2D eigenvalue weighted by Gasteiger charge is -2.46. The van der Waals surface area contributed by atoms with Crippen LogP contribution in [0.5, 0.6) is 0 Å². The highest BCUT2D eigenvalue weighted by atomic mass is 32.2. The van der Waals surface area contributed by atoms with Crippen LogP contribution >= 0.6 is 24.0 Å². The number of nitrogens with zero attached hydrogens (tertiary/aromatic N) is 1. The normalized spacial score (nSPS) is 21.9. The van der Waals surface area contributed by atoms with E-state index in [-0.39, 0.29) is 22.0 Å². The first-order valence-corrected chi connectivity index (χ1v) is 11.9. The summed E-state index contributed by atoms with van der Waals surface area (Å²) in [6.07, 6.45) is 10.2. The average Bonchev–Trinajstić information content (AvgIpc) is 2.60. The summed E-state index contributed by atoms with van der Waals surface area (Å²) in [7, 11) is 3.97. The van der Waals surface area contributed by atoms with Gasteiger partial charge in [0.15, 0.2) is 0 Å². The molecule has 0 bridgehead atoms. The van der Waals surface area contributed by atoms with E-state index in [0.29, 0.717) is 18.9 Å². The predicted octanol–water partition coefficient (Wildman–Crippen LogP) is 6.14. The van der Waals surface area contributed by atoms with E-state index < -0.39 is 5.41 Å². The second-order valence-electron chi connectivity index (χ2n) is 10.0. The van der Waals surface area contributed by atoms with Gasteiger partial charge in [0.1, 0.15) is 6.61 Å². The van der Waals surface area contributed by atoms with Gasteiger partial charge in [-0.05, 0) is 45.2 Å². The van der Waals surface area contributed by atoms with E-state index in [9.17, 15) is 4.79 Å². The van der Waals surface area contributed by atoms with Crippen LogP contribution in [0.25, 0.3) is 0 Å². The molecule has 0 aromatic rings. The summed E-state index contributed by atoms with van der Waals surface area (Å²) in [5, 5.41) is 0. The van der Waals surface area contributed by atoms with E-state index in [1.54, 1.807) is 11.8 Å². The van der Waals surface area contributed by atoms with Gasteiger partial charge in [0, 0.05) is 17.2 Å². The SMILES string of the molecule is CCC(C)(C)C(C)(CC(C)(C)SC(=S)C1C=CC=CC1C)C(=O)OCCN(C)C. The van der Waals surface area contributed by atoms with Crippen LogP contribution < -0.4 is 0 Å². The summed E-state index contributed by atoms with van der Waals surface area (Å²) in [6, 6.07) is 0. The average molecular weight is 440 g/mol. The van der Waals surface area contributed by atoms with Gasteiger partial charge in [-0.2, -0.15) is 0 Å². The standard InChI is InChI=1S/C24H41NO2S2/c1-10-22(3,4)24(7,21(26)27-16-15-25(8)9)17-23(5,6)29-20(28)19-14-12-11-13-18(19)2/h11-14,18-19H,10,15-17H2,1-9H3. The molecule has 0 aliphatic heterocycles. The van der Waals surface area contributed by atoms with Gasteiger partial charge in [0.2, 0.25) is 0 Å². The number of allylic oxidation sites excluding steroid dienone is 4. The summed E-state index contributed by atoms with van der Waals surface area (Å²) < 4.78 is 6.58. The summed E-state index contributed by atoms with van der Waals surface area (Å²) in [5.41, 5.74) is -0.767. The Kier molecular flexibility index (Phi) is 9.63.